The number of aromatic nitrogens is 5. The van der Waals surface area contributed by atoms with Gasteiger partial charge in [-0.1, -0.05) is 30.3 Å². The summed E-state index contributed by atoms with van der Waals surface area (Å²) in [5.41, 5.74) is 2.92. The number of anilines is 1. The second-order valence-electron chi connectivity index (χ2n) is 6.82. The van der Waals surface area contributed by atoms with Crippen molar-refractivity contribution in [3.05, 3.63) is 66.6 Å². The van der Waals surface area contributed by atoms with E-state index in [9.17, 15) is 0 Å². The van der Waals surface area contributed by atoms with Crippen LogP contribution < -0.4 is 10.1 Å². The van der Waals surface area contributed by atoms with Crippen molar-refractivity contribution in [1.82, 2.24) is 24.6 Å². The molecule has 4 aromatic rings. The average molecular weight is 388 g/mol. The van der Waals surface area contributed by atoms with Gasteiger partial charge in [-0.25, -0.2) is 9.97 Å². The molecule has 1 unspecified atom stereocenters. The fourth-order valence-corrected chi connectivity index (χ4v) is 3.29. The smallest absolute Gasteiger partial charge is 0.254 e. The predicted octanol–water partition coefficient (Wildman–Crippen LogP) is 2.97. The van der Waals surface area contributed by atoms with E-state index in [4.69, 9.17) is 9.47 Å². The van der Waals surface area contributed by atoms with Gasteiger partial charge in [0.1, 0.15) is 18.2 Å². The zero-order valence-electron chi connectivity index (χ0n) is 15.7. The summed E-state index contributed by atoms with van der Waals surface area (Å²) in [5.74, 6) is 1.98. The first-order valence-corrected chi connectivity index (χ1v) is 9.54. The molecule has 29 heavy (non-hydrogen) atoms. The summed E-state index contributed by atoms with van der Waals surface area (Å²) in [7, 11) is 0. The minimum atomic E-state index is 0.0779. The number of hydrogen-bond donors (Lipinski definition) is 1. The van der Waals surface area contributed by atoms with Gasteiger partial charge in [-0.2, -0.15) is 14.6 Å². The summed E-state index contributed by atoms with van der Waals surface area (Å²) in [5, 5.41) is 7.71. The zero-order valence-corrected chi connectivity index (χ0v) is 15.7. The maximum Gasteiger partial charge on any atom is 0.254 e. The Bertz CT molecular complexity index is 1110. The Morgan fingerprint density at radius 3 is 2.93 bits per heavy atom. The Morgan fingerprint density at radius 1 is 1.14 bits per heavy atom. The molecule has 3 aromatic heterocycles. The maximum absolute atomic E-state index is 5.90. The zero-order chi connectivity index (χ0) is 19.5. The van der Waals surface area contributed by atoms with Crippen LogP contribution in [0.1, 0.15) is 12.0 Å². The van der Waals surface area contributed by atoms with Crippen molar-refractivity contribution < 1.29 is 9.47 Å². The Balaban J connectivity index is 1.37. The molecule has 1 aliphatic rings. The van der Waals surface area contributed by atoms with Crippen LogP contribution in [-0.4, -0.2) is 43.9 Å². The standard InChI is InChI=1S/C21H20N6O2/c1-2-4-16(5-3-1)18-11-19(27-21(26-18)24-14-25-27)23-12-15-6-8-22-20(10-15)29-17-7-9-28-13-17/h1-6,8,10-11,14,17,23H,7,9,12-13H2. The lowest BCUT2D eigenvalue weighted by molar-refractivity contribution is 0.138. The topological polar surface area (TPSA) is 86.5 Å². The molecular weight excluding hydrogens is 368 g/mol. The van der Waals surface area contributed by atoms with E-state index in [1.807, 2.05) is 48.5 Å². The van der Waals surface area contributed by atoms with E-state index < -0.39 is 0 Å². The molecular formula is C21H20N6O2. The molecule has 0 aliphatic carbocycles. The van der Waals surface area contributed by atoms with Gasteiger partial charge in [-0.05, 0) is 11.6 Å². The summed E-state index contributed by atoms with van der Waals surface area (Å²) < 4.78 is 13.0. The van der Waals surface area contributed by atoms with Crippen molar-refractivity contribution in [2.45, 2.75) is 19.1 Å². The lowest BCUT2D eigenvalue weighted by Crippen LogP contribution is -2.16. The second kappa shape index (κ2) is 7.84. The lowest BCUT2D eigenvalue weighted by atomic mass is 10.1. The highest BCUT2D eigenvalue weighted by Crippen LogP contribution is 2.22. The van der Waals surface area contributed by atoms with Gasteiger partial charge in [0.05, 0.1) is 18.9 Å². The first kappa shape index (κ1) is 17.6. The number of nitrogens with zero attached hydrogens (tertiary/aromatic N) is 5. The van der Waals surface area contributed by atoms with Crippen LogP contribution in [0.25, 0.3) is 17.0 Å². The number of rotatable bonds is 6. The summed E-state index contributed by atoms with van der Waals surface area (Å²) in [6.07, 6.45) is 4.24. The van der Waals surface area contributed by atoms with Crippen LogP contribution in [0.3, 0.4) is 0 Å². The number of hydrogen-bond acceptors (Lipinski definition) is 7. The van der Waals surface area contributed by atoms with Crippen LogP contribution in [0.2, 0.25) is 0 Å². The van der Waals surface area contributed by atoms with E-state index in [2.05, 4.69) is 25.4 Å². The molecule has 0 radical (unpaired) electrons. The minimum absolute atomic E-state index is 0.0779. The van der Waals surface area contributed by atoms with Gasteiger partial charge in [-0.3, -0.25) is 0 Å². The molecule has 0 amide bonds. The molecule has 8 heteroatoms. The van der Waals surface area contributed by atoms with Crippen molar-refractivity contribution >= 4 is 11.6 Å². The Hall–Kier alpha value is -3.52. The molecule has 1 N–H and O–H groups in total. The quantitative estimate of drug-likeness (QED) is 0.543. The summed E-state index contributed by atoms with van der Waals surface area (Å²) in [4.78, 5) is 13.2. The van der Waals surface area contributed by atoms with Crippen molar-refractivity contribution in [3.8, 4) is 17.1 Å². The second-order valence-corrected chi connectivity index (χ2v) is 6.82. The van der Waals surface area contributed by atoms with Gasteiger partial charge >= 0.3 is 0 Å². The highest BCUT2D eigenvalue weighted by molar-refractivity contribution is 5.65. The van der Waals surface area contributed by atoms with Crippen molar-refractivity contribution in [1.29, 1.82) is 0 Å². The van der Waals surface area contributed by atoms with Crippen LogP contribution in [0.15, 0.2) is 61.1 Å². The monoisotopic (exact) mass is 388 g/mol. The molecule has 4 heterocycles. The van der Waals surface area contributed by atoms with E-state index in [1.54, 1.807) is 10.7 Å². The first-order chi connectivity index (χ1) is 14.3. The molecule has 146 valence electrons. The maximum atomic E-state index is 5.90. The largest absolute Gasteiger partial charge is 0.472 e. The minimum Gasteiger partial charge on any atom is -0.472 e. The number of fused-ring (bicyclic) bond motifs is 1. The van der Waals surface area contributed by atoms with Gasteiger partial charge in [0, 0.05) is 36.9 Å². The van der Waals surface area contributed by atoms with Gasteiger partial charge in [0.15, 0.2) is 0 Å². The molecule has 0 saturated carbocycles. The number of pyridine rings is 1. The Morgan fingerprint density at radius 2 is 2.07 bits per heavy atom. The number of benzene rings is 1. The summed E-state index contributed by atoms with van der Waals surface area (Å²) in [6, 6.07) is 15.9. The highest BCUT2D eigenvalue weighted by atomic mass is 16.5. The van der Waals surface area contributed by atoms with Gasteiger partial charge in [-0.15, -0.1) is 0 Å². The predicted molar refractivity (Wildman–Crippen MR) is 108 cm³/mol. The molecule has 1 aromatic carbocycles. The molecule has 1 fully saturated rings. The van der Waals surface area contributed by atoms with Crippen LogP contribution >= 0.6 is 0 Å². The Kier molecular flexibility index (Phi) is 4.75. The highest BCUT2D eigenvalue weighted by Gasteiger charge is 2.17. The SMILES string of the molecule is c1ccc(-c2cc(NCc3ccnc(OC4CCOC4)c3)n3ncnc3n2)cc1. The van der Waals surface area contributed by atoms with Gasteiger partial charge < -0.3 is 14.8 Å². The van der Waals surface area contributed by atoms with E-state index >= 15 is 0 Å². The lowest BCUT2D eigenvalue weighted by Gasteiger charge is -2.13. The van der Waals surface area contributed by atoms with Crippen molar-refractivity contribution in [3.63, 3.8) is 0 Å². The van der Waals surface area contributed by atoms with Crippen LogP contribution in [0.4, 0.5) is 5.82 Å². The number of ether oxygens (including phenoxy) is 2. The average Bonchev–Trinajstić information content (AvgIpc) is 3.45. The molecule has 0 bridgehead atoms. The molecule has 1 saturated heterocycles. The first-order valence-electron chi connectivity index (χ1n) is 9.54. The summed E-state index contributed by atoms with van der Waals surface area (Å²) in [6.45, 7) is 1.95. The number of nitrogens with one attached hydrogen (secondary N) is 1. The van der Waals surface area contributed by atoms with Crippen molar-refractivity contribution in [2.75, 3.05) is 18.5 Å². The Labute approximate surface area is 167 Å². The van der Waals surface area contributed by atoms with Crippen LogP contribution in [0.5, 0.6) is 5.88 Å². The normalized spacial score (nSPS) is 16.2. The third kappa shape index (κ3) is 3.88. The third-order valence-electron chi connectivity index (χ3n) is 4.77. The molecule has 1 aliphatic heterocycles. The molecule has 0 spiro atoms. The van der Waals surface area contributed by atoms with Gasteiger partial charge in [0.2, 0.25) is 5.88 Å². The van der Waals surface area contributed by atoms with Gasteiger partial charge in [0.25, 0.3) is 5.78 Å². The van der Waals surface area contributed by atoms with E-state index in [0.29, 0.717) is 24.8 Å². The fraction of sp³-hybridized carbons (Fsp3) is 0.238. The van der Waals surface area contributed by atoms with E-state index in [0.717, 1.165) is 35.7 Å². The fourth-order valence-electron chi connectivity index (χ4n) is 3.29. The summed E-state index contributed by atoms with van der Waals surface area (Å²) >= 11 is 0. The molecule has 8 nitrogen and oxygen atoms in total. The van der Waals surface area contributed by atoms with Crippen LogP contribution in [0, 0.1) is 0 Å². The van der Waals surface area contributed by atoms with E-state index in [1.165, 1.54) is 6.33 Å². The van der Waals surface area contributed by atoms with Crippen LogP contribution in [-0.2, 0) is 11.3 Å². The third-order valence-corrected chi connectivity index (χ3v) is 4.77. The van der Waals surface area contributed by atoms with Crippen molar-refractivity contribution in [2.24, 2.45) is 0 Å². The molecule has 5 rings (SSSR count). The van der Waals surface area contributed by atoms with E-state index in [-0.39, 0.29) is 6.10 Å². The molecule has 1 atom stereocenters.